The minimum atomic E-state index is -4.32. The number of likely N-dealkylation sites (N-methyl/N-ethyl adjacent to an activating group) is 1. The van der Waals surface area contributed by atoms with E-state index in [0.29, 0.717) is 23.9 Å². The van der Waals surface area contributed by atoms with Crippen LogP contribution in [0.4, 0.5) is 0 Å². The van der Waals surface area contributed by atoms with E-state index in [4.69, 9.17) is 9.05 Å². The van der Waals surface area contributed by atoms with Crippen LogP contribution in [0, 0.1) is 0 Å². The summed E-state index contributed by atoms with van der Waals surface area (Å²) >= 11 is 0. The molecule has 3 atom stereocenters. The van der Waals surface area contributed by atoms with Crippen LogP contribution in [0.2, 0.25) is 0 Å². The summed E-state index contributed by atoms with van der Waals surface area (Å²) in [4.78, 5) is 23.3. The molecule has 0 aliphatic heterocycles. The molecule has 9 heteroatoms. The maximum absolute atomic E-state index is 13.0. The lowest BCUT2D eigenvalue weighted by molar-refractivity contribution is -0.870. The van der Waals surface area contributed by atoms with Crippen molar-refractivity contribution in [2.75, 3.05) is 40.9 Å². The number of aliphatic hydroxyl groups is 1. The lowest BCUT2D eigenvalue weighted by Gasteiger charge is -2.26. The standard InChI is InChI=1S/C57H115N2O6P/c1-6-8-10-12-14-16-18-20-22-24-25-26-27-28-29-30-31-32-33-35-36-38-40-42-44-46-48-50-56(60)55(54-65-66(62,63)64-53-52-59(3,4)5)58-57(61)51-49-47-45-43-41-39-37-34-23-21-19-17-15-13-11-9-7-2/h21,23,55-56,60H,6-20,22,24-54H2,1-5H3,(H-,58,61,62,63)/p+1/b23-21-. The zero-order valence-electron chi connectivity index (χ0n) is 45.0. The summed E-state index contributed by atoms with van der Waals surface area (Å²) in [5, 5.41) is 14.1. The zero-order valence-corrected chi connectivity index (χ0v) is 45.9. The normalized spacial score (nSPS) is 14.0. The van der Waals surface area contributed by atoms with Gasteiger partial charge in [-0.05, 0) is 38.5 Å². The van der Waals surface area contributed by atoms with Crippen molar-refractivity contribution in [1.29, 1.82) is 0 Å². The quantitative estimate of drug-likeness (QED) is 0.0243. The number of nitrogens with one attached hydrogen (secondary N) is 1. The lowest BCUT2D eigenvalue weighted by Crippen LogP contribution is -2.46. The molecule has 0 spiro atoms. The summed E-state index contributed by atoms with van der Waals surface area (Å²) in [6.07, 6.45) is 59.8. The first-order valence-corrected chi connectivity index (χ1v) is 30.5. The van der Waals surface area contributed by atoms with Gasteiger partial charge in [-0.3, -0.25) is 13.8 Å². The molecule has 0 aliphatic rings. The van der Waals surface area contributed by atoms with E-state index in [-0.39, 0.29) is 19.1 Å². The van der Waals surface area contributed by atoms with Gasteiger partial charge in [0.2, 0.25) is 5.91 Å². The van der Waals surface area contributed by atoms with E-state index in [1.54, 1.807) is 0 Å². The first-order chi connectivity index (χ1) is 32.0. The number of rotatable bonds is 54. The van der Waals surface area contributed by atoms with Crippen LogP contribution in [0.5, 0.6) is 0 Å². The van der Waals surface area contributed by atoms with Gasteiger partial charge in [0.25, 0.3) is 0 Å². The molecule has 0 bridgehead atoms. The molecule has 0 saturated heterocycles. The lowest BCUT2D eigenvalue weighted by atomic mass is 10.0. The summed E-state index contributed by atoms with van der Waals surface area (Å²) in [7, 11) is 1.63. The van der Waals surface area contributed by atoms with Crippen molar-refractivity contribution in [3.63, 3.8) is 0 Å². The number of nitrogens with zero attached hydrogens (tertiary/aromatic N) is 1. The second kappa shape index (κ2) is 49.2. The van der Waals surface area contributed by atoms with Crippen molar-refractivity contribution < 1.29 is 32.9 Å². The fraction of sp³-hybridized carbons (Fsp3) is 0.947. The highest BCUT2D eigenvalue weighted by atomic mass is 31.2. The van der Waals surface area contributed by atoms with Crippen LogP contribution in [-0.2, 0) is 18.4 Å². The Labute approximate surface area is 412 Å². The van der Waals surface area contributed by atoms with Crippen LogP contribution in [0.25, 0.3) is 0 Å². The summed E-state index contributed by atoms with van der Waals surface area (Å²) < 4.78 is 23.8. The number of quaternary nitrogens is 1. The zero-order chi connectivity index (χ0) is 48.5. The molecule has 0 saturated carbocycles. The second-order valence-corrected chi connectivity index (χ2v) is 22.8. The summed E-state index contributed by atoms with van der Waals surface area (Å²) in [6, 6.07) is -0.760. The van der Waals surface area contributed by atoms with Crippen LogP contribution in [0.3, 0.4) is 0 Å². The van der Waals surface area contributed by atoms with E-state index < -0.39 is 20.0 Å². The third-order valence-corrected chi connectivity index (χ3v) is 14.5. The van der Waals surface area contributed by atoms with Crippen LogP contribution < -0.4 is 5.32 Å². The average Bonchev–Trinajstić information content (AvgIpc) is 3.28. The first-order valence-electron chi connectivity index (χ1n) is 29.1. The number of hydrogen-bond donors (Lipinski definition) is 3. The molecule has 3 N–H and O–H groups in total. The number of aliphatic hydroxyl groups excluding tert-OH is 1. The molecule has 3 unspecified atom stereocenters. The summed E-state index contributed by atoms with van der Waals surface area (Å²) in [6.45, 7) is 4.92. The molecular weight excluding hydrogens is 840 g/mol. The monoisotopic (exact) mass is 956 g/mol. The van der Waals surface area contributed by atoms with Crippen LogP contribution >= 0.6 is 7.82 Å². The highest BCUT2D eigenvalue weighted by Gasteiger charge is 2.28. The van der Waals surface area contributed by atoms with Gasteiger partial charge in [0.1, 0.15) is 13.2 Å². The highest BCUT2D eigenvalue weighted by molar-refractivity contribution is 7.47. The molecule has 1 amide bonds. The Morgan fingerprint density at radius 3 is 1.17 bits per heavy atom. The molecule has 0 radical (unpaired) electrons. The van der Waals surface area contributed by atoms with Gasteiger partial charge in [-0.15, -0.1) is 0 Å². The number of carbonyl (C=O) groups excluding carboxylic acids is 1. The largest absolute Gasteiger partial charge is 0.472 e. The van der Waals surface area contributed by atoms with E-state index in [1.807, 2.05) is 21.1 Å². The SMILES string of the molecule is CCCCCCCC/C=C\CCCCCCCCCC(=O)NC(COP(=O)(O)OCC[N+](C)(C)C)C(O)CCCCCCCCCCCCCCCCCCCCCCCCCCCCC. The summed E-state index contributed by atoms with van der Waals surface area (Å²) in [5.41, 5.74) is 0. The Kier molecular flexibility index (Phi) is 48.7. The molecule has 394 valence electrons. The minimum Gasteiger partial charge on any atom is -0.391 e. The Balaban J connectivity index is 4.10. The number of hydrogen-bond acceptors (Lipinski definition) is 5. The Morgan fingerprint density at radius 1 is 0.500 bits per heavy atom. The predicted molar refractivity (Wildman–Crippen MR) is 286 cm³/mol. The molecule has 8 nitrogen and oxygen atoms in total. The Hall–Kier alpha value is -0.760. The number of allylic oxidation sites excluding steroid dienone is 2. The molecule has 0 aliphatic carbocycles. The van der Waals surface area contributed by atoms with Crippen molar-refractivity contribution in [2.24, 2.45) is 0 Å². The van der Waals surface area contributed by atoms with Crippen molar-refractivity contribution in [3.05, 3.63) is 12.2 Å². The molecule has 0 aromatic carbocycles. The van der Waals surface area contributed by atoms with Crippen molar-refractivity contribution in [2.45, 2.75) is 309 Å². The van der Waals surface area contributed by atoms with E-state index in [0.717, 1.165) is 38.5 Å². The number of unbranched alkanes of at least 4 members (excludes halogenated alkanes) is 39. The van der Waals surface area contributed by atoms with Gasteiger partial charge < -0.3 is 19.8 Å². The molecule has 0 aromatic rings. The van der Waals surface area contributed by atoms with Crippen molar-refractivity contribution >= 4 is 13.7 Å². The van der Waals surface area contributed by atoms with Gasteiger partial charge in [0.05, 0.1) is 39.9 Å². The minimum absolute atomic E-state index is 0.0762. The number of amides is 1. The number of carbonyl (C=O) groups is 1. The topological polar surface area (TPSA) is 105 Å². The predicted octanol–water partition coefficient (Wildman–Crippen LogP) is 17.4. The highest BCUT2D eigenvalue weighted by Crippen LogP contribution is 2.43. The molecule has 0 fully saturated rings. The van der Waals surface area contributed by atoms with Crippen LogP contribution in [0.15, 0.2) is 12.2 Å². The smallest absolute Gasteiger partial charge is 0.391 e. The van der Waals surface area contributed by atoms with E-state index >= 15 is 0 Å². The third-order valence-electron chi connectivity index (χ3n) is 13.5. The second-order valence-electron chi connectivity index (χ2n) is 21.4. The van der Waals surface area contributed by atoms with Crippen molar-refractivity contribution in [1.82, 2.24) is 5.32 Å². The Bertz CT molecular complexity index is 1080. The van der Waals surface area contributed by atoms with Gasteiger partial charge in [-0.25, -0.2) is 4.57 Å². The maximum Gasteiger partial charge on any atom is 0.472 e. The average molecular weight is 957 g/mol. The van der Waals surface area contributed by atoms with Gasteiger partial charge in [-0.1, -0.05) is 264 Å². The maximum atomic E-state index is 13.0. The van der Waals surface area contributed by atoms with Crippen molar-refractivity contribution in [3.8, 4) is 0 Å². The summed E-state index contributed by atoms with van der Waals surface area (Å²) in [5.74, 6) is -0.144. The molecule has 0 rings (SSSR count). The molecular formula is C57H116N2O6P+. The van der Waals surface area contributed by atoms with Gasteiger partial charge in [0.15, 0.2) is 0 Å². The van der Waals surface area contributed by atoms with Crippen LogP contribution in [0.1, 0.15) is 296 Å². The molecule has 0 aromatic heterocycles. The molecule has 66 heavy (non-hydrogen) atoms. The van der Waals surface area contributed by atoms with Crippen LogP contribution in [-0.4, -0.2) is 73.4 Å². The van der Waals surface area contributed by atoms with Gasteiger partial charge in [-0.2, -0.15) is 0 Å². The Morgan fingerprint density at radius 2 is 0.818 bits per heavy atom. The molecule has 0 heterocycles. The fourth-order valence-electron chi connectivity index (χ4n) is 8.93. The first kappa shape index (κ1) is 65.2. The fourth-order valence-corrected chi connectivity index (χ4v) is 9.66. The third kappa shape index (κ3) is 51.1. The van der Waals surface area contributed by atoms with Gasteiger partial charge >= 0.3 is 7.82 Å². The van der Waals surface area contributed by atoms with E-state index in [1.165, 1.54) is 231 Å². The number of phosphoric acid groups is 1. The van der Waals surface area contributed by atoms with E-state index in [9.17, 15) is 19.4 Å². The van der Waals surface area contributed by atoms with Gasteiger partial charge in [0, 0.05) is 6.42 Å². The number of phosphoric ester groups is 1. The van der Waals surface area contributed by atoms with E-state index in [2.05, 4.69) is 31.3 Å².